The molecule has 0 spiro atoms. The number of rotatable bonds is 8. The van der Waals surface area contributed by atoms with Crippen molar-refractivity contribution >= 4 is 23.1 Å². The molecule has 3 aromatic carbocycles. The van der Waals surface area contributed by atoms with Gasteiger partial charge in [-0.15, -0.1) is 0 Å². The second-order valence-electron chi connectivity index (χ2n) is 9.55. The molecule has 39 heavy (non-hydrogen) atoms. The molecule has 2 heterocycles. The summed E-state index contributed by atoms with van der Waals surface area (Å²) >= 11 is 0. The van der Waals surface area contributed by atoms with Crippen LogP contribution in [0.2, 0.25) is 0 Å². The minimum absolute atomic E-state index is 0.0277. The van der Waals surface area contributed by atoms with E-state index in [0.29, 0.717) is 58.9 Å². The van der Waals surface area contributed by atoms with Gasteiger partial charge in [0.2, 0.25) is 6.79 Å². The number of aliphatic hydroxyl groups is 1. The van der Waals surface area contributed by atoms with Gasteiger partial charge in [0.25, 0.3) is 11.7 Å². The van der Waals surface area contributed by atoms with Crippen molar-refractivity contribution in [3.8, 4) is 23.0 Å². The van der Waals surface area contributed by atoms with E-state index < -0.39 is 17.7 Å². The summed E-state index contributed by atoms with van der Waals surface area (Å²) in [5.74, 6) is 0.398. The molecule has 0 saturated carbocycles. The zero-order chi connectivity index (χ0) is 27.7. The Morgan fingerprint density at radius 1 is 0.949 bits per heavy atom. The summed E-state index contributed by atoms with van der Waals surface area (Å²) in [6.45, 7) is 8.76. The highest BCUT2D eigenvalue weighted by Gasteiger charge is 2.47. The molecule has 8 heteroatoms. The third kappa shape index (κ3) is 4.78. The predicted octanol–water partition coefficient (Wildman–Crippen LogP) is 5.96. The Kier molecular flexibility index (Phi) is 7.19. The number of amides is 1. The molecule has 1 unspecified atom stereocenters. The molecule has 3 aromatic rings. The number of carbonyl (C=O) groups is 2. The van der Waals surface area contributed by atoms with E-state index in [1.807, 2.05) is 38.1 Å². The normalized spacial score (nSPS) is 17.7. The highest BCUT2D eigenvalue weighted by atomic mass is 16.7. The smallest absolute Gasteiger partial charge is 0.300 e. The Hall–Kier alpha value is -4.46. The van der Waals surface area contributed by atoms with E-state index in [1.165, 1.54) is 4.90 Å². The summed E-state index contributed by atoms with van der Waals surface area (Å²) in [5.41, 5.74) is 2.52. The number of aliphatic hydroxyl groups excluding tert-OH is 1. The van der Waals surface area contributed by atoms with Crippen LogP contribution >= 0.6 is 0 Å². The summed E-state index contributed by atoms with van der Waals surface area (Å²) in [6.07, 6.45) is 0. The van der Waals surface area contributed by atoms with Crippen molar-refractivity contribution in [2.45, 2.75) is 39.7 Å². The van der Waals surface area contributed by atoms with Crippen molar-refractivity contribution in [2.24, 2.45) is 0 Å². The highest BCUT2D eigenvalue weighted by molar-refractivity contribution is 6.51. The van der Waals surface area contributed by atoms with Crippen molar-refractivity contribution in [1.29, 1.82) is 0 Å². The standard InChI is InChI=1S/C31H31NO7/c1-5-36-22-12-13-23(25(16-22)37-6-2)29(33)27-28(20-9-7-19(8-10-20)18(3)4)32(31(35)30(27)34)21-11-14-24-26(15-21)39-17-38-24/h7-16,18,28,33H,5-6,17H2,1-4H3/b29-27+. The van der Waals surface area contributed by atoms with Gasteiger partial charge in [-0.1, -0.05) is 38.1 Å². The van der Waals surface area contributed by atoms with Crippen LogP contribution in [0.3, 0.4) is 0 Å². The quantitative estimate of drug-likeness (QED) is 0.218. The number of fused-ring (bicyclic) bond motifs is 1. The van der Waals surface area contributed by atoms with E-state index in [9.17, 15) is 14.7 Å². The minimum atomic E-state index is -0.882. The summed E-state index contributed by atoms with van der Waals surface area (Å²) in [6, 6.07) is 16.9. The number of nitrogens with zero attached hydrogens (tertiary/aromatic N) is 1. The largest absolute Gasteiger partial charge is 0.507 e. The van der Waals surface area contributed by atoms with Crippen LogP contribution in [0.25, 0.3) is 5.76 Å². The van der Waals surface area contributed by atoms with Crippen LogP contribution in [0, 0.1) is 0 Å². The first-order valence-corrected chi connectivity index (χ1v) is 13.0. The van der Waals surface area contributed by atoms with Crippen LogP contribution in [-0.4, -0.2) is 36.8 Å². The molecule has 0 bridgehead atoms. The average molecular weight is 530 g/mol. The van der Waals surface area contributed by atoms with Gasteiger partial charge in [-0.05, 0) is 55.2 Å². The van der Waals surface area contributed by atoms with Gasteiger partial charge in [-0.2, -0.15) is 0 Å². The average Bonchev–Trinajstić information content (AvgIpc) is 3.50. The number of ether oxygens (including phenoxy) is 4. The lowest BCUT2D eigenvalue weighted by atomic mass is 9.93. The summed E-state index contributed by atoms with van der Waals surface area (Å²) in [7, 11) is 0. The zero-order valence-corrected chi connectivity index (χ0v) is 22.4. The molecule has 8 nitrogen and oxygen atoms in total. The Morgan fingerprint density at radius 2 is 1.67 bits per heavy atom. The fraction of sp³-hybridized carbons (Fsp3) is 0.290. The van der Waals surface area contributed by atoms with Gasteiger partial charge in [0.1, 0.15) is 17.3 Å². The van der Waals surface area contributed by atoms with E-state index in [0.717, 1.165) is 5.56 Å². The van der Waals surface area contributed by atoms with Gasteiger partial charge < -0.3 is 24.1 Å². The van der Waals surface area contributed by atoms with Crippen molar-refractivity contribution in [2.75, 3.05) is 24.9 Å². The van der Waals surface area contributed by atoms with E-state index in [-0.39, 0.29) is 18.1 Å². The molecule has 0 radical (unpaired) electrons. The maximum absolute atomic E-state index is 13.6. The first kappa shape index (κ1) is 26.2. The lowest BCUT2D eigenvalue weighted by molar-refractivity contribution is -0.132. The van der Waals surface area contributed by atoms with Gasteiger partial charge in [0.15, 0.2) is 11.5 Å². The Labute approximate surface area is 227 Å². The molecule has 1 amide bonds. The van der Waals surface area contributed by atoms with E-state index in [1.54, 1.807) is 36.4 Å². The lowest BCUT2D eigenvalue weighted by Crippen LogP contribution is -2.29. The van der Waals surface area contributed by atoms with Gasteiger partial charge in [0.05, 0.1) is 30.4 Å². The number of Topliss-reactive ketones (excluding diaryl/α,β-unsaturated/α-hetero) is 1. The third-order valence-corrected chi connectivity index (χ3v) is 6.82. The van der Waals surface area contributed by atoms with Gasteiger partial charge in [0, 0.05) is 17.8 Å². The van der Waals surface area contributed by atoms with Gasteiger partial charge in [-0.3, -0.25) is 14.5 Å². The second-order valence-corrected chi connectivity index (χ2v) is 9.55. The first-order chi connectivity index (χ1) is 18.8. The molecule has 1 N–H and O–H groups in total. The monoisotopic (exact) mass is 529 g/mol. The molecule has 1 saturated heterocycles. The summed E-state index contributed by atoms with van der Waals surface area (Å²) < 4.78 is 22.3. The van der Waals surface area contributed by atoms with Crippen molar-refractivity contribution < 1.29 is 33.6 Å². The fourth-order valence-corrected chi connectivity index (χ4v) is 4.89. The maximum atomic E-state index is 13.6. The highest BCUT2D eigenvalue weighted by Crippen LogP contribution is 2.46. The molecular formula is C31H31NO7. The number of hydrogen-bond donors (Lipinski definition) is 1. The fourth-order valence-electron chi connectivity index (χ4n) is 4.89. The van der Waals surface area contributed by atoms with E-state index in [2.05, 4.69) is 13.8 Å². The number of hydrogen-bond acceptors (Lipinski definition) is 7. The van der Waals surface area contributed by atoms with E-state index in [4.69, 9.17) is 18.9 Å². The molecular weight excluding hydrogens is 498 g/mol. The van der Waals surface area contributed by atoms with Crippen molar-refractivity contribution in [3.63, 3.8) is 0 Å². The molecule has 1 fully saturated rings. The molecule has 2 aliphatic rings. The Bertz CT molecular complexity index is 1440. The van der Waals surface area contributed by atoms with Crippen LogP contribution in [0.15, 0.2) is 66.2 Å². The molecule has 1 atom stereocenters. The summed E-state index contributed by atoms with van der Waals surface area (Å²) in [4.78, 5) is 28.6. The van der Waals surface area contributed by atoms with Crippen LogP contribution in [0.5, 0.6) is 23.0 Å². The number of anilines is 1. The number of ketones is 1. The van der Waals surface area contributed by atoms with E-state index >= 15 is 0 Å². The molecule has 5 rings (SSSR count). The topological polar surface area (TPSA) is 94.5 Å². The third-order valence-electron chi connectivity index (χ3n) is 6.82. The SMILES string of the molecule is CCOc1ccc(/C(O)=C2\C(=O)C(=O)N(c3ccc4c(c3)OCO4)C2c2ccc(C(C)C)cc2)c(OCC)c1. The van der Waals surface area contributed by atoms with Crippen molar-refractivity contribution in [3.05, 3.63) is 82.9 Å². The Balaban J connectivity index is 1.69. The van der Waals surface area contributed by atoms with Crippen LogP contribution in [-0.2, 0) is 9.59 Å². The predicted molar refractivity (Wildman–Crippen MR) is 147 cm³/mol. The summed E-state index contributed by atoms with van der Waals surface area (Å²) in [5, 5.41) is 11.6. The second kappa shape index (κ2) is 10.7. The molecule has 202 valence electrons. The molecule has 0 aliphatic carbocycles. The first-order valence-electron chi connectivity index (χ1n) is 13.0. The minimum Gasteiger partial charge on any atom is -0.507 e. The van der Waals surface area contributed by atoms with Gasteiger partial charge >= 0.3 is 0 Å². The lowest BCUT2D eigenvalue weighted by Gasteiger charge is -2.26. The number of benzene rings is 3. The Morgan fingerprint density at radius 3 is 2.36 bits per heavy atom. The van der Waals surface area contributed by atoms with Crippen LogP contribution in [0.4, 0.5) is 5.69 Å². The van der Waals surface area contributed by atoms with Crippen LogP contribution < -0.4 is 23.8 Å². The molecule has 0 aromatic heterocycles. The maximum Gasteiger partial charge on any atom is 0.300 e. The molecule has 2 aliphatic heterocycles. The number of carbonyl (C=O) groups excluding carboxylic acids is 2. The van der Waals surface area contributed by atoms with Gasteiger partial charge in [-0.25, -0.2) is 0 Å². The van der Waals surface area contributed by atoms with Crippen molar-refractivity contribution in [1.82, 2.24) is 0 Å². The van der Waals surface area contributed by atoms with Crippen LogP contribution in [0.1, 0.15) is 56.3 Å². The zero-order valence-electron chi connectivity index (χ0n) is 22.4.